The van der Waals surface area contributed by atoms with Crippen LogP contribution in [0.25, 0.3) is 0 Å². The minimum absolute atomic E-state index is 0.0316. The van der Waals surface area contributed by atoms with Gasteiger partial charge in [-0.05, 0) is 11.6 Å². The summed E-state index contributed by atoms with van der Waals surface area (Å²) in [5, 5.41) is -0.0949. The molecule has 0 bridgehead atoms. The zero-order valence-corrected chi connectivity index (χ0v) is 16.0. The van der Waals surface area contributed by atoms with E-state index in [1.165, 1.54) is 0 Å². The van der Waals surface area contributed by atoms with Crippen molar-refractivity contribution in [2.24, 2.45) is 0 Å². The van der Waals surface area contributed by atoms with Crippen molar-refractivity contribution in [1.29, 1.82) is 0 Å². The van der Waals surface area contributed by atoms with Gasteiger partial charge >= 0.3 is 31.3 Å². The van der Waals surface area contributed by atoms with Crippen molar-refractivity contribution >= 4 is 52.1 Å². The normalized spacial score (nSPS) is 13.6. The van der Waals surface area contributed by atoms with Crippen LogP contribution in [0.5, 0.6) is 11.5 Å². The van der Waals surface area contributed by atoms with Crippen molar-refractivity contribution in [3.8, 4) is 11.5 Å². The van der Waals surface area contributed by atoms with Crippen LogP contribution in [-0.2, 0) is 25.6 Å². The van der Waals surface area contributed by atoms with Crippen LogP contribution in [-0.4, -0.2) is 27.9 Å². The second kappa shape index (κ2) is 7.11. The fourth-order valence-electron chi connectivity index (χ4n) is 1.14. The Morgan fingerprint density at radius 1 is 0.840 bits per heavy atom. The fraction of sp³-hybridized carbons (Fsp3) is 0.333. The quantitative estimate of drug-likeness (QED) is 0.242. The van der Waals surface area contributed by atoms with Crippen LogP contribution in [0.2, 0.25) is 0 Å². The van der Waals surface area contributed by atoms with Crippen LogP contribution < -0.4 is 8.37 Å². The molecule has 0 aliphatic rings. The van der Waals surface area contributed by atoms with Gasteiger partial charge in [-0.2, -0.15) is 43.2 Å². The molecular formula is C9H4Br2F6O6S2. The van der Waals surface area contributed by atoms with E-state index < -0.39 is 42.8 Å². The summed E-state index contributed by atoms with van der Waals surface area (Å²) in [5.41, 5.74) is -11.8. The number of hydrogen-bond acceptors (Lipinski definition) is 6. The molecule has 0 spiro atoms. The van der Waals surface area contributed by atoms with E-state index >= 15 is 0 Å². The summed E-state index contributed by atoms with van der Waals surface area (Å²) < 4.78 is 126. The van der Waals surface area contributed by atoms with Crippen molar-refractivity contribution in [3.05, 3.63) is 22.2 Å². The lowest BCUT2D eigenvalue weighted by molar-refractivity contribution is -0.0513. The van der Waals surface area contributed by atoms with Gasteiger partial charge in [-0.25, -0.2) is 0 Å². The lowest BCUT2D eigenvalue weighted by Gasteiger charge is -2.16. The molecule has 0 aliphatic carbocycles. The lowest BCUT2D eigenvalue weighted by Crippen LogP contribution is -2.30. The topological polar surface area (TPSA) is 86.7 Å². The van der Waals surface area contributed by atoms with Crippen LogP contribution in [0.3, 0.4) is 0 Å². The van der Waals surface area contributed by atoms with Gasteiger partial charge < -0.3 is 8.37 Å². The molecule has 16 heteroatoms. The van der Waals surface area contributed by atoms with Crippen LogP contribution in [0.15, 0.2) is 16.6 Å². The molecule has 0 amide bonds. The summed E-state index contributed by atoms with van der Waals surface area (Å²) >= 11 is 5.69. The number of benzene rings is 1. The first kappa shape index (κ1) is 22.3. The summed E-state index contributed by atoms with van der Waals surface area (Å²) in [5.74, 6) is -2.82. The molecule has 0 heterocycles. The third kappa shape index (κ3) is 5.13. The van der Waals surface area contributed by atoms with Crippen LogP contribution in [0.1, 0.15) is 5.56 Å². The third-order valence-electron chi connectivity index (χ3n) is 2.22. The van der Waals surface area contributed by atoms with Gasteiger partial charge in [0, 0.05) is 15.9 Å². The minimum Gasteiger partial charge on any atom is -0.372 e. The summed E-state index contributed by atoms with van der Waals surface area (Å²) in [4.78, 5) is 0. The predicted octanol–water partition coefficient (Wildman–Crippen LogP) is 3.80. The molecule has 0 unspecified atom stereocenters. The van der Waals surface area contributed by atoms with Gasteiger partial charge in [0.15, 0.2) is 11.5 Å². The van der Waals surface area contributed by atoms with Gasteiger partial charge in [0.25, 0.3) is 0 Å². The summed E-state index contributed by atoms with van der Waals surface area (Å²) in [6, 6.07) is 1.07. The highest BCUT2D eigenvalue weighted by molar-refractivity contribution is 9.10. The first-order chi connectivity index (χ1) is 11.0. The Morgan fingerprint density at radius 3 is 1.52 bits per heavy atom. The fourth-order valence-corrected chi connectivity index (χ4v) is 3.37. The molecule has 0 radical (unpaired) electrons. The van der Waals surface area contributed by atoms with Crippen molar-refractivity contribution in [1.82, 2.24) is 0 Å². The largest absolute Gasteiger partial charge is 0.534 e. The maximum atomic E-state index is 12.4. The highest BCUT2D eigenvalue weighted by Gasteiger charge is 2.51. The molecule has 0 saturated carbocycles. The first-order valence-corrected chi connectivity index (χ1v) is 10.1. The van der Waals surface area contributed by atoms with E-state index in [4.69, 9.17) is 0 Å². The minimum atomic E-state index is -6.29. The Labute approximate surface area is 153 Å². The SMILES string of the molecule is O=S(=O)(Oc1cc(Br)c(CBr)cc1OS(=O)(=O)C(F)(F)F)C(F)(F)F. The van der Waals surface area contributed by atoms with E-state index in [1.807, 2.05) is 0 Å². The molecule has 0 atom stereocenters. The smallest absolute Gasteiger partial charge is 0.372 e. The third-order valence-corrected chi connectivity index (χ3v) is 5.50. The molecule has 0 N–H and O–H groups in total. The highest BCUT2D eigenvalue weighted by atomic mass is 79.9. The average molecular weight is 546 g/mol. The Balaban J connectivity index is 3.51. The zero-order valence-electron chi connectivity index (χ0n) is 11.2. The summed E-state index contributed by atoms with van der Waals surface area (Å²) in [6.07, 6.45) is 0. The van der Waals surface area contributed by atoms with E-state index in [9.17, 15) is 43.2 Å². The molecule has 0 saturated heterocycles. The Kier molecular flexibility index (Phi) is 6.34. The standard InChI is InChI=1S/C9H4Br2F6O6S2/c10-3-4-1-6(22-24(18,19)8(12,13)14)7(2-5(4)11)23-25(20,21)9(15,16)17/h1-2H,3H2. The van der Waals surface area contributed by atoms with Gasteiger partial charge in [-0.3, -0.25) is 0 Å². The van der Waals surface area contributed by atoms with Crippen molar-refractivity contribution < 1.29 is 51.5 Å². The monoisotopic (exact) mass is 544 g/mol. The Bertz CT molecular complexity index is 862. The molecule has 0 fully saturated rings. The molecule has 6 nitrogen and oxygen atoms in total. The molecule has 1 aromatic rings. The van der Waals surface area contributed by atoms with Crippen LogP contribution >= 0.6 is 31.9 Å². The van der Waals surface area contributed by atoms with Gasteiger partial charge in [-0.15, -0.1) is 0 Å². The number of rotatable bonds is 5. The predicted molar refractivity (Wildman–Crippen MR) is 78.0 cm³/mol. The van der Waals surface area contributed by atoms with Crippen LogP contribution in [0, 0.1) is 0 Å². The lowest BCUT2D eigenvalue weighted by atomic mass is 10.2. The van der Waals surface area contributed by atoms with E-state index in [-0.39, 0.29) is 15.4 Å². The number of alkyl halides is 7. The van der Waals surface area contributed by atoms with E-state index in [1.54, 1.807) is 0 Å². The zero-order chi connectivity index (χ0) is 19.8. The van der Waals surface area contributed by atoms with Crippen molar-refractivity contribution in [3.63, 3.8) is 0 Å². The van der Waals surface area contributed by atoms with E-state index in [2.05, 4.69) is 40.2 Å². The molecule has 1 aromatic carbocycles. The van der Waals surface area contributed by atoms with Gasteiger partial charge in [0.1, 0.15) is 0 Å². The molecule has 25 heavy (non-hydrogen) atoms. The van der Waals surface area contributed by atoms with E-state index in [0.717, 1.165) is 0 Å². The molecular weight excluding hydrogens is 542 g/mol. The van der Waals surface area contributed by atoms with Gasteiger partial charge in [-0.1, -0.05) is 31.9 Å². The molecule has 144 valence electrons. The number of halogens is 8. The number of hydrogen-bond donors (Lipinski definition) is 0. The summed E-state index contributed by atoms with van der Waals surface area (Å²) in [6.45, 7) is 0. The maximum Gasteiger partial charge on any atom is 0.534 e. The van der Waals surface area contributed by atoms with Gasteiger partial charge in [0.2, 0.25) is 0 Å². The van der Waals surface area contributed by atoms with Gasteiger partial charge in [0.05, 0.1) is 0 Å². The van der Waals surface area contributed by atoms with E-state index in [0.29, 0.717) is 12.1 Å². The molecule has 0 aromatic heterocycles. The first-order valence-electron chi connectivity index (χ1n) is 5.41. The Morgan fingerprint density at radius 2 is 1.20 bits per heavy atom. The molecule has 0 aliphatic heterocycles. The summed E-state index contributed by atoms with van der Waals surface area (Å²) in [7, 11) is -12.6. The van der Waals surface area contributed by atoms with Crippen molar-refractivity contribution in [2.75, 3.05) is 0 Å². The average Bonchev–Trinajstić information content (AvgIpc) is 2.38. The van der Waals surface area contributed by atoms with Crippen LogP contribution in [0.4, 0.5) is 26.3 Å². The Hall–Kier alpha value is -0.740. The second-order valence-corrected chi connectivity index (χ2v) is 8.48. The van der Waals surface area contributed by atoms with Crippen molar-refractivity contribution in [2.45, 2.75) is 16.3 Å². The second-order valence-electron chi connectivity index (χ2n) is 3.99. The highest BCUT2D eigenvalue weighted by Crippen LogP contribution is 2.40. The maximum absolute atomic E-state index is 12.4. The molecule has 1 rings (SSSR count).